The Bertz CT molecular complexity index is 699. The van der Waals surface area contributed by atoms with Gasteiger partial charge in [0.15, 0.2) is 0 Å². The maximum absolute atomic E-state index is 12.2. The van der Waals surface area contributed by atoms with Crippen LogP contribution in [0.5, 0.6) is 0 Å². The van der Waals surface area contributed by atoms with Crippen LogP contribution in [0.15, 0.2) is 50.6 Å². The summed E-state index contributed by atoms with van der Waals surface area (Å²) in [6.45, 7) is 12.8. The van der Waals surface area contributed by atoms with E-state index in [1.54, 1.807) is 11.3 Å². The SMILES string of the molecule is C=Nc1ccsc1C(=NCNC/C(C=NF)=C/CC)C(=C)N1CCCC1. The van der Waals surface area contributed by atoms with Crippen molar-refractivity contribution in [2.75, 3.05) is 26.3 Å². The molecule has 1 N–H and O–H groups in total. The van der Waals surface area contributed by atoms with Gasteiger partial charge in [0.2, 0.25) is 0 Å². The first kappa shape index (κ1) is 20.2. The average Bonchev–Trinajstić information content (AvgIpc) is 3.33. The molecule has 26 heavy (non-hydrogen) atoms. The van der Waals surface area contributed by atoms with E-state index in [2.05, 4.69) is 33.7 Å². The summed E-state index contributed by atoms with van der Waals surface area (Å²) >= 11 is 1.59. The number of allylic oxidation sites excluding steroid dienone is 2. The molecule has 1 aliphatic heterocycles. The molecule has 0 spiro atoms. The molecule has 1 aliphatic rings. The highest BCUT2D eigenvalue weighted by Gasteiger charge is 2.21. The van der Waals surface area contributed by atoms with Crippen molar-refractivity contribution < 1.29 is 4.48 Å². The van der Waals surface area contributed by atoms with Crippen molar-refractivity contribution >= 4 is 35.7 Å². The van der Waals surface area contributed by atoms with Gasteiger partial charge in [0, 0.05) is 19.6 Å². The monoisotopic (exact) mass is 375 g/mol. The zero-order chi connectivity index (χ0) is 18.8. The first-order valence-corrected chi connectivity index (χ1v) is 9.66. The van der Waals surface area contributed by atoms with Crippen LogP contribution < -0.4 is 5.32 Å². The lowest BCUT2D eigenvalue weighted by molar-refractivity contribution is 0.449. The van der Waals surface area contributed by atoms with Crippen LogP contribution in [0.2, 0.25) is 0 Å². The zero-order valence-electron chi connectivity index (χ0n) is 15.2. The van der Waals surface area contributed by atoms with E-state index in [-0.39, 0.29) is 0 Å². The lowest BCUT2D eigenvalue weighted by atomic mass is 10.2. The van der Waals surface area contributed by atoms with Crippen molar-refractivity contribution in [3.8, 4) is 0 Å². The zero-order valence-corrected chi connectivity index (χ0v) is 16.1. The third-order valence-electron chi connectivity index (χ3n) is 4.15. The maximum Gasteiger partial charge on any atom is 0.101 e. The van der Waals surface area contributed by atoms with Crippen LogP contribution >= 0.6 is 11.3 Å². The minimum absolute atomic E-state index is 0.401. The Hall–Kier alpha value is -2.12. The molecule has 0 aliphatic carbocycles. The fraction of sp³-hybridized carbons (Fsp3) is 0.421. The number of likely N-dealkylation sites (tertiary alicyclic amines) is 1. The number of thiophene rings is 1. The number of nitrogens with one attached hydrogen (secondary N) is 1. The molecule has 7 heteroatoms. The molecule has 1 aromatic rings. The van der Waals surface area contributed by atoms with E-state index in [4.69, 9.17) is 4.99 Å². The van der Waals surface area contributed by atoms with Crippen molar-refractivity contribution in [2.24, 2.45) is 15.2 Å². The fourth-order valence-corrected chi connectivity index (χ4v) is 3.75. The number of hydrogen-bond acceptors (Lipinski definition) is 6. The Labute approximate surface area is 158 Å². The third-order valence-corrected chi connectivity index (χ3v) is 5.06. The molecule has 0 radical (unpaired) electrons. The lowest BCUT2D eigenvalue weighted by Gasteiger charge is -2.21. The number of hydrogen-bond donors (Lipinski definition) is 1. The molecule has 0 bridgehead atoms. The Morgan fingerprint density at radius 3 is 2.85 bits per heavy atom. The summed E-state index contributed by atoms with van der Waals surface area (Å²) < 4.78 is 12.2. The van der Waals surface area contributed by atoms with Gasteiger partial charge in [-0.3, -0.25) is 15.3 Å². The summed E-state index contributed by atoms with van der Waals surface area (Å²) in [5.74, 6) is 0. The molecule has 1 aromatic heterocycles. The Morgan fingerprint density at radius 1 is 1.42 bits per heavy atom. The minimum atomic E-state index is 0.401. The van der Waals surface area contributed by atoms with Gasteiger partial charge in [0.05, 0.1) is 29.1 Å². The highest BCUT2D eigenvalue weighted by atomic mass is 32.1. The molecule has 0 saturated carbocycles. The van der Waals surface area contributed by atoms with E-state index in [9.17, 15) is 4.48 Å². The molecule has 2 heterocycles. The van der Waals surface area contributed by atoms with Crippen LogP contribution in [0, 0.1) is 0 Å². The van der Waals surface area contributed by atoms with Gasteiger partial charge >= 0.3 is 0 Å². The Balaban J connectivity index is 2.13. The summed E-state index contributed by atoms with van der Waals surface area (Å²) in [6, 6.07) is 1.94. The highest BCUT2D eigenvalue weighted by Crippen LogP contribution is 2.29. The number of halogens is 1. The first-order valence-electron chi connectivity index (χ1n) is 8.78. The van der Waals surface area contributed by atoms with E-state index in [1.165, 1.54) is 19.1 Å². The van der Waals surface area contributed by atoms with Gasteiger partial charge in [0.25, 0.3) is 0 Å². The van der Waals surface area contributed by atoms with Crippen molar-refractivity contribution in [1.82, 2.24) is 10.2 Å². The molecule has 1 fully saturated rings. The van der Waals surface area contributed by atoms with Crippen LogP contribution in [0.4, 0.5) is 10.2 Å². The van der Waals surface area contributed by atoms with Crippen LogP contribution in [0.3, 0.4) is 0 Å². The van der Waals surface area contributed by atoms with E-state index >= 15 is 0 Å². The van der Waals surface area contributed by atoms with Crippen LogP contribution in [-0.4, -0.2) is 49.8 Å². The largest absolute Gasteiger partial charge is 0.370 e. The van der Waals surface area contributed by atoms with Crippen molar-refractivity contribution in [3.05, 3.63) is 40.2 Å². The second kappa shape index (κ2) is 10.8. The second-order valence-corrected chi connectivity index (χ2v) is 6.86. The van der Waals surface area contributed by atoms with Gasteiger partial charge < -0.3 is 4.90 Å². The molecule has 0 aromatic carbocycles. The third kappa shape index (κ3) is 5.44. The van der Waals surface area contributed by atoms with E-state index in [0.717, 1.165) is 47.1 Å². The van der Waals surface area contributed by atoms with Crippen LogP contribution in [-0.2, 0) is 0 Å². The molecule has 1 saturated heterocycles. The maximum atomic E-state index is 12.2. The summed E-state index contributed by atoms with van der Waals surface area (Å²) in [6.07, 6.45) is 6.34. The molecular formula is C19H26FN5S. The van der Waals surface area contributed by atoms with Crippen molar-refractivity contribution in [3.63, 3.8) is 0 Å². The smallest absolute Gasteiger partial charge is 0.101 e. The molecule has 2 rings (SSSR count). The standard InChI is InChI=1S/C19H26FN5S/c1-4-7-16(13-24-20)12-22-14-23-18(15(2)25-9-5-6-10-25)19-17(21-3)8-11-26-19/h7-8,11,13,22H,2-6,9-10,12,14H2,1H3/b16-7-,23-18?,24-13?. The fourth-order valence-electron chi connectivity index (χ4n) is 2.87. The van der Waals surface area contributed by atoms with Crippen molar-refractivity contribution in [2.45, 2.75) is 26.2 Å². The number of aliphatic imine (C=N–C) groups is 2. The summed E-state index contributed by atoms with van der Waals surface area (Å²) in [7, 11) is 0. The first-order chi connectivity index (χ1) is 12.7. The van der Waals surface area contributed by atoms with Gasteiger partial charge in [-0.05, 0) is 43.0 Å². The molecule has 5 nitrogen and oxygen atoms in total. The van der Waals surface area contributed by atoms with Gasteiger partial charge in [-0.25, -0.2) is 0 Å². The van der Waals surface area contributed by atoms with Crippen LogP contribution in [0.25, 0.3) is 0 Å². The van der Waals surface area contributed by atoms with Crippen molar-refractivity contribution in [1.29, 1.82) is 0 Å². The lowest BCUT2D eigenvalue weighted by Crippen LogP contribution is -2.26. The summed E-state index contributed by atoms with van der Waals surface area (Å²) in [5, 5.41) is 7.81. The molecule has 0 unspecified atom stereocenters. The molecule has 140 valence electrons. The number of nitrogens with zero attached hydrogens (tertiary/aromatic N) is 4. The summed E-state index contributed by atoms with van der Waals surface area (Å²) in [5.41, 5.74) is 3.39. The van der Waals surface area contributed by atoms with Gasteiger partial charge in [0.1, 0.15) is 5.71 Å². The molecular weight excluding hydrogens is 349 g/mol. The topological polar surface area (TPSA) is 52.4 Å². The minimum Gasteiger partial charge on any atom is -0.370 e. The number of rotatable bonds is 10. The quantitative estimate of drug-likeness (QED) is 0.489. The van der Waals surface area contributed by atoms with Gasteiger partial charge in [-0.2, -0.15) is 0 Å². The predicted molar refractivity (Wildman–Crippen MR) is 111 cm³/mol. The van der Waals surface area contributed by atoms with Crippen LogP contribution in [0.1, 0.15) is 31.1 Å². The Kier molecular flexibility index (Phi) is 8.37. The Morgan fingerprint density at radius 2 is 2.19 bits per heavy atom. The molecule has 0 atom stereocenters. The summed E-state index contributed by atoms with van der Waals surface area (Å²) in [4.78, 5) is 12.1. The average molecular weight is 376 g/mol. The predicted octanol–water partition coefficient (Wildman–Crippen LogP) is 4.32. The van der Waals surface area contributed by atoms with E-state index in [1.807, 2.05) is 24.4 Å². The normalized spacial score (nSPS) is 15.8. The van der Waals surface area contributed by atoms with E-state index < -0.39 is 0 Å². The van der Waals surface area contributed by atoms with Gasteiger partial charge in [-0.15, -0.1) is 11.3 Å². The molecule has 0 amide bonds. The second-order valence-electron chi connectivity index (χ2n) is 5.94. The highest BCUT2D eigenvalue weighted by molar-refractivity contribution is 7.13. The van der Waals surface area contributed by atoms with E-state index in [0.29, 0.717) is 13.2 Å². The van der Waals surface area contributed by atoms with Gasteiger partial charge in [-0.1, -0.05) is 29.3 Å².